The molecule has 0 spiro atoms. The zero-order chi connectivity index (χ0) is 27.8. The molecule has 0 saturated heterocycles. The second-order valence-corrected chi connectivity index (χ2v) is 8.31. The summed E-state index contributed by atoms with van der Waals surface area (Å²) >= 11 is 5.47. The van der Waals surface area contributed by atoms with Gasteiger partial charge in [0, 0.05) is 41.7 Å². The number of halogens is 3. The lowest BCUT2D eigenvalue weighted by molar-refractivity contribution is -0.124. The van der Waals surface area contributed by atoms with Gasteiger partial charge >= 0.3 is 0 Å². The van der Waals surface area contributed by atoms with E-state index in [9.17, 15) is 18.4 Å². The van der Waals surface area contributed by atoms with Gasteiger partial charge in [0.25, 0.3) is 0 Å². The monoisotopic (exact) mass is 513 g/mol. The molecule has 0 bridgehead atoms. The minimum absolute atomic E-state index is 0.0306. The number of rotatable bonds is 2. The first kappa shape index (κ1) is 34.4. The SMILES string of the molecule is C=C(Cl)/C=C\C(C)=C/C.C=O.CC.CC(N)=O.C[C@@]12CCC(=O)C[C@@H]1COc1c(F)ccc(F)c12. The van der Waals surface area contributed by atoms with Crippen molar-refractivity contribution in [2.45, 2.75) is 66.2 Å². The number of fused-ring (bicyclic) bond motifs is 3. The highest BCUT2D eigenvalue weighted by Gasteiger charge is 2.47. The molecule has 1 aromatic rings. The molecule has 1 heterocycles. The number of allylic oxidation sites excluding steroid dienone is 5. The van der Waals surface area contributed by atoms with Gasteiger partial charge in [-0.2, -0.15) is 0 Å². The van der Waals surface area contributed by atoms with Crippen LogP contribution in [0.2, 0.25) is 0 Å². The maximum Gasteiger partial charge on any atom is 0.214 e. The number of hydrogen-bond donors (Lipinski definition) is 1. The normalized spacial score (nSPS) is 19.9. The molecule has 1 saturated carbocycles. The van der Waals surface area contributed by atoms with Crippen LogP contribution in [0.25, 0.3) is 0 Å². The van der Waals surface area contributed by atoms with E-state index in [0.29, 0.717) is 29.9 Å². The van der Waals surface area contributed by atoms with Gasteiger partial charge in [-0.15, -0.1) is 0 Å². The molecule has 5 nitrogen and oxygen atoms in total. The summed E-state index contributed by atoms with van der Waals surface area (Å²) in [6.07, 6.45) is 7.10. The highest BCUT2D eigenvalue weighted by molar-refractivity contribution is 6.30. The number of nitrogens with two attached hydrogens (primary N) is 1. The number of carbonyl (C=O) groups excluding carboxylic acids is 3. The Morgan fingerprint density at radius 2 is 1.71 bits per heavy atom. The predicted octanol–water partition coefficient (Wildman–Crippen LogP) is 6.58. The number of hydrogen-bond acceptors (Lipinski definition) is 4. The van der Waals surface area contributed by atoms with Gasteiger partial charge in [0.1, 0.15) is 18.4 Å². The molecule has 2 aliphatic rings. The molecule has 0 aromatic heterocycles. The molecule has 1 aromatic carbocycles. The molecule has 8 heteroatoms. The van der Waals surface area contributed by atoms with Crippen molar-refractivity contribution in [3.05, 3.63) is 64.7 Å². The van der Waals surface area contributed by atoms with Gasteiger partial charge < -0.3 is 15.3 Å². The van der Waals surface area contributed by atoms with Crippen molar-refractivity contribution < 1.29 is 27.9 Å². The van der Waals surface area contributed by atoms with Crippen molar-refractivity contribution >= 4 is 30.1 Å². The van der Waals surface area contributed by atoms with Gasteiger partial charge in [0.15, 0.2) is 11.6 Å². The summed E-state index contributed by atoms with van der Waals surface area (Å²) in [5.41, 5.74) is 5.48. The van der Waals surface area contributed by atoms with Gasteiger partial charge in [-0.3, -0.25) is 9.59 Å². The van der Waals surface area contributed by atoms with Crippen LogP contribution in [0.4, 0.5) is 8.78 Å². The Kier molecular flexibility index (Phi) is 17.3. The highest BCUT2D eigenvalue weighted by Crippen LogP contribution is 2.50. The smallest absolute Gasteiger partial charge is 0.214 e. The van der Waals surface area contributed by atoms with Crippen LogP contribution in [0.3, 0.4) is 0 Å². The average Bonchev–Trinajstić information content (AvgIpc) is 2.82. The van der Waals surface area contributed by atoms with E-state index in [1.165, 1.54) is 12.5 Å². The zero-order valence-electron chi connectivity index (χ0n) is 21.6. The van der Waals surface area contributed by atoms with Crippen LogP contribution in [-0.4, -0.2) is 25.1 Å². The number of Topliss-reactive ketones (excluding diaryl/α,β-unsaturated/α-hetero) is 1. The van der Waals surface area contributed by atoms with E-state index in [4.69, 9.17) is 21.1 Å². The summed E-state index contributed by atoms with van der Waals surface area (Å²) in [7, 11) is 0. The molecular formula is C27H38ClF2NO4. The van der Waals surface area contributed by atoms with Gasteiger partial charge in [-0.25, -0.2) is 8.78 Å². The van der Waals surface area contributed by atoms with Crippen LogP contribution in [0, 0.1) is 17.6 Å². The molecule has 0 radical (unpaired) electrons. The Morgan fingerprint density at radius 3 is 2.20 bits per heavy atom. The summed E-state index contributed by atoms with van der Waals surface area (Å²) in [5, 5.41) is 0.566. The molecule has 1 aliphatic heterocycles. The second-order valence-electron chi connectivity index (χ2n) is 7.83. The molecule has 3 rings (SSSR count). The van der Waals surface area contributed by atoms with Crippen LogP contribution in [0.5, 0.6) is 5.75 Å². The molecule has 0 unspecified atom stereocenters. The highest BCUT2D eigenvalue weighted by atomic mass is 35.5. The molecule has 1 amide bonds. The molecular weight excluding hydrogens is 476 g/mol. The van der Waals surface area contributed by atoms with Crippen molar-refractivity contribution in [2.24, 2.45) is 11.7 Å². The molecule has 1 aliphatic carbocycles. The van der Waals surface area contributed by atoms with Crippen molar-refractivity contribution in [1.82, 2.24) is 0 Å². The number of primary amides is 1. The number of ketones is 1. The van der Waals surface area contributed by atoms with E-state index >= 15 is 0 Å². The summed E-state index contributed by atoms with van der Waals surface area (Å²) in [6.45, 7) is 17.0. The Labute approximate surface area is 213 Å². The standard InChI is InChI=1S/C14H14F2O2.C8H11Cl.C2H5NO.C2H6.CH2O/c1-14-5-4-9(17)6-8(14)7-18-13-11(16)3-2-10(15)12(13)14;1-4-7(2)5-6-8(3)9;1-2(3)4;2*1-2/h2-3,8H,4-7H2,1H3;4-6H,3H2,1-2H3;1H3,(H2,3,4);1-2H3;1H2/b;6-5-,7-4-;;;/t8-,14-;;;;/m1..../s1. The van der Waals surface area contributed by atoms with Crippen molar-refractivity contribution in [3.63, 3.8) is 0 Å². The molecule has 196 valence electrons. The van der Waals surface area contributed by atoms with Crippen LogP contribution in [0.1, 0.15) is 66.4 Å². The van der Waals surface area contributed by atoms with Crippen LogP contribution >= 0.6 is 11.6 Å². The lowest BCUT2D eigenvalue weighted by Crippen LogP contribution is -2.45. The molecule has 1 fully saturated rings. The fourth-order valence-electron chi connectivity index (χ4n) is 3.49. The summed E-state index contributed by atoms with van der Waals surface area (Å²) in [4.78, 5) is 28.7. The van der Waals surface area contributed by atoms with E-state index in [1.807, 2.05) is 53.6 Å². The average molecular weight is 514 g/mol. The fourth-order valence-corrected chi connectivity index (χ4v) is 3.55. The summed E-state index contributed by atoms with van der Waals surface area (Å²) in [6, 6.07) is 2.23. The first-order valence-electron chi connectivity index (χ1n) is 11.3. The van der Waals surface area contributed by atoms with E-state index in [0.717, 1.165) is 12.1 Å². The number of benzene rings is 1. The van der Waals surface area contributed by atoms with Gasteiger partial charge in [0.2, 0.25) is 5.91 Å². The predicted molar refractivity (Wildman–Crippen MR) is 138 cm³/mol. The van der Waals surface area contributed by atoms with E-state index in [-0.39, 0.29) is 30.0 Å². The largest absolute Gasteiger partial charge is 0.490 e. The number of ether oxygens (including phenoxy) is 1. The van der Waals surface area contributed by atoms with E-state index in [1.54, 1.807) is 6.08 Å². The third-order valence-corrected chi connectivity index (χ3v) is 5.47. The van der Waals surface area contributed by atoms with Crippen molar-refractivity contribution in [1.29, 1.82) is 0 Å². The van der Waals surface area contributed by atoms with Crippen LogP contribution in [0.15, 0.2) is 47.5 Å². The Balaban J connectivity index is 0. The maximum absolute atomic E-state index is 14.0. The van der Waals surface area contributed by atoms with E-state index < -0.39 is 17.0 Å². The Bertz CT molecular complexity index is 911. The van der Waals surface area contributed by atoms with Crippen LogP contribution < -0.4 is 10.5 Å². The molecule has 2 atom stereocenters. The van der Waals surface area contributed by atoms with Crippen LogP contribution in [-0.2, 0) is 19.8 Å². The topological polar surface area (TPSA) is 86.5 Å². The van der Waals surface area contributed by atoms with E-state index in [2.05, 4.69) is 12.3 Å². The van der Waals surface area contributed by atoms with Gasteiger partial charge in [0.05, 0.1) is 6.61 Å². The van der Waals surface area contributed by atoms with Gasteiger partial charge in [-0.05, 0) is 38.5 Å². The fraction of sp³-hybridized carbons (Fsp3) is 0.444. The zero-order valence-corrected chi connectivity index (χ0v) is 22.3. The Hall–Kier alpha value is -2.80. The minimum Gasteiger partial charge on any atom is -0.490 e. The number of carbonyl (C=O) groups is 3. The molecule has 2 N–H and O–H groups in total. The molecule has 35 heavy (non-hydrogen) atoms. The quantitative estimate of drug-likeness (QED) is 0.452. The first-order valence-corrected chi connectivity index (χ1v) is 11.6. The summed E-state index contributed by atoms with van der Waals surface area (Å²) in [5.74, 6) is -1.14. The third kappa shape index (κ3) is 11.5. The minimum atomic E-state index is -0.525. The van der Waals surface area contributed by atoms with Gasteiger partial charge in [-0.1, -0.05) is 56.7 Å². The Morgan fingerprint density at radius 1 is 1.20 bits per heavy atom. The lowest BCUT2D eigenvalue weighted by Gasteiger charge is -2.45. The maximum atomic E-state index is 14.0. The summed E-state index contributed by atoms with van der Waals surface area (Å²) < 4.78 is 33.1. The second kappa shape index (κ2) is 17.6. The van der Waals surface area contributed by atoms with Crippen molar-refractivity contribution in [2.75, 3.05) is 6.61 Å². The lowest BCUT2D eigenvalue weighted by atomic mass is 9.62. The number of amides is 1. The first-order chi connectivity index (χ1) is 16.4. The third-order valence-electron chi connectivity index (χ3n) is 5.34. The van der Waals surface area contributed by atoms with Crippen molar-refractivity contribution in [3.8, 4) is 5.75 Å².